The molecule has 8 heteroatoms. The van der Waals surface area contributed by atoms with Gasteiger partial charge in [-0.25, -0.2) is 4.98 Å². The van der Waals surface area contributed by atoms with E-state index in [2.05, 4.69) is 49.9 Å². The SMILES string of the molecule is CN=C(NCCc1nc(-c2ccco2)n[nH]1)NC(C)c1ccccc1.I. The van der Waals surface area contributed by atoms with E-state index in [1.165, 1.54) is 5.56 Å². The Bertz CT molecular complexity index is 800. The van der Waals surface area contributed by atoms with E-state index in [0.29, 0.717) is 24.6 Å². The molecule has 1 unspecified atom stereocenters. The van der Waals surface area contributed by atoms with E-state index in [1.54, 1.807) is 13.3 Å². The lowest BCUT2D eigenvalue weighted by Crippen LogP contribution is -2.39. The van der Waals surface area contributed by atoms with Crippen LogP contribution in [0.4, 0.5) is 0 Å². The number of nitrogens with one attached hydrogen (secondary N) is 3. The van der Waals surface area contributed by atoms with Gasteiger partial charge >= 0.3 is 0 Å². The van der Waals surface area contributed by atoms with Crippen molar-refractivity contribution in [2.45, 2.75) is 19.4 Å². The van der Waals surface area contributed by atoms with Crippen LogP contribution in [0.1, 0.15) is 24.4 Å². The number of aromatic amines is 1. The number of H-pyrrole nitrogens is 1. The second kappa shape index (κ2) is 9.95. The number of hydrogen-bond donors (Lipinski definition) is 3. The molecule has 0 saturated heterocycles. The summed E-state index contributed by atoms with van der Waals surface area (Å²) in [5, 5.41) is 13.8. The second-order valence-electron chi connectivity index (χ2n) is 5.61. The van der Waals surface area contributed by atoms with Crippen molar-refractivity contribution in [1.82, 2.24) is 25.8 Å². The van der Waals surface area contributed by atoms with E-state index in [0.717, 1.165) is 11.8 Å². The summed E-state index contributed by atoms with van der Waals surface area (Å²) in [5.41, 5.74) is 1.21. The molecule has 0 spiro atoms. The lowest BCUT2D eigenvalue weighted by atomic mass is 10.1. The van der Waals surface area contributed by atoms with Crippen LogP contribution in [0, 0.1) is 0 Å². The lowest BCUT2D eigenvalue weighted by Gasteiger charge is -2.18. The zero-order chi connectivity index (χ0) is 17.5. The number of guanidine groups is 1. The van der Waals surface area contributed by atoms with E-state index >= 15 is 0 Å². The number of rotatable bonds is 6. The normalized spacial score (nSPS) is 12.3. The van der Waals surface area contributed by atoms with Crippen LogP contribution in [0.5, 0.6) is 0 Å². The van der Waals surface area contributed by atoms with Crippen molar-refractivity contribution in [3.8, 4) is 11.6 Å². The van der Waals surface area contributed by atoms with Crippen LogP contribution >= 0.6 is 24.0 Å². The quantitative estimate of drug-likeness (QED) is 0.295. The molecule has 0 aliphatic carbocycles. The first kappa shape index (κ1) is 20.0. The number of benzene rings is 1. The average molecular weight is 466 g/mol. The van der Waals surface area contributed by atoms with Gasteiger partial charge in [0.1, 0.15) is 5.82 Å². The molecule has 7 nitrogen and oxygen atoms in total. The molecule has 3 aromatic rings. The fourth-order valence-electron chi connectivity index (χ4n) is 2.45. The maximum absolute atomic E-state index is 5.29. The third-order valence-electron chi connectivity index (χ3n) is 3.80. The molecular formula is C18H23IN6O. The van der Waals surface area contributed by atoms with E-state index in [1.807, 2.05) is 30.3 Å². The van der Waals surface area contributed by atoms with E-state index in [-0.39, 0.29) is 30.0 Å². The summed E-state index contributed by atoms with van der Waals surface area (Å²) in [7, 11) is 1.76. The maximum Gasteiger partial charge on any atom is 0.216 e. The van der Waals surface area contributed by atoms with Gasteiger partial charge in [-0.15, -0.1) is 24.0 Å². The van der Waals surface area contributed by atoms with Crippen LogP contribution in [0.3, 0.4) is 0 Å². The molecular weight excluding hydrogens is 443 g/mol. The van der Waals surface area contributed by atoms with Crippen molar-refractivity contribution in [3.63, 3.8) is 0 Å². The van der Waals surface area contributed by atoms with Gasteiger partial charge in [-0.2, -0.15) is 5.10 Å². The molecule has 0 fully saturated rings. The molecule has 26 heavy (non-hydrogen) atoms. The van der Waals surface area contributed by atoms with Crippen LogP contribution in [0.2, 0.25) is 0 Å². The summed E-state index contributed by atoms with van der Waals surface area (Å²) in [6.07, 6.45) is 2.31. The molecule has 0 radical (unpaired) electrons. The Labute approximate surface area is 169 Å². The first-order valence-corrected chi connectivity index (χ1v) is 8.23. The van der Waals surface area contributed by atoms with Crippen molar-refractivity contribution in [3.05, 3.63) is 60.1 Å². The molecule has 0 aliphatic heterocycles. The third-order valence-corrected chi connectivity index (χ3v) is 3.80. The Kier molecular flexibility index (Phi) is 7.64. The van der Waals surface area contributed by atoms with Crippen molar-refractivity contribution in [1.29, 1.82) is 0 Å². The first-order chi connectivity index (χ1) is 12.3. The molecule has 0 saturated carbocycles. The van der Waals surface area contributed by atoms with Crippen molar-refractivity contribution in [2.24, 2.45) is 4.99 Å². The smallest absolute Gasteiger partial charge is 0.216 e. The molecule has 0 aliphatic rings. The molecule has 0 amide bonds. The predicted octanol–water partition coefficient (Wildman–Crippen LogP) is 3.15. The number of aliphatic imine (C=N–C) groups is 1. The van der Waals surface area contributed by atoms with Gasteiger partial charge in [-0.3, -0.25) is 10.1 Å². The van der Waals surface area contributed by atoms with Crippen LogP contribution < -0.4 is 10.6 Å². The fraction of sp³-hybridized carbons (Fsp3) is 0.278. The molecule has 3 rings (SSSR count). The zero-order valence-corrected chi connectivity index (χ0v) is 17.1. The third kappa shape index (κ3) is 5.32. The van der Waals surface area contributed by atoms with Gasteiger partial charge < -0.3 is 15.1 Å². The molecule has 1 atom stereocenters. The van der Waals surface area contributed by atoms with Gasteiger partial charge in [0.05, 0.1) is 12.3 Å². The van der Waals surface area contributed by atoms with Gasteiger partial charge in [0.2, 0.25) is 5.82 Å². The van der Waals surface area contributed by atoms with Gasteiger partial charge in [0.15, 0.2) is 11.7 Å². The fourth-order valence-corrected chi connectivity index (χ4v) is 2.45. The molecule has 0 bridgehead atoms. The minimum absolute atomic E-state index is 0. The number of furan rings is 1. The Morgan fingerprint density at radius 1 is 1.23 bits per heavy atom. The Hall–Kier alpha value is -2.36. The second-order valence-corrected chi connectivity index (χ2v) is 5.61. The highest BCUT2D eigenvalue weighted by Crippen LogP contribution is 2.14. The van der Waals surface area contributed by atoms with Gasteiger partial charge in [0.25, 0.3) is 0 Å². The highest BCUT2D eigenvalue weighted by atomic mass is 127. The summed E-state index contributed by atoms with van der Waals surface area (Å²) >= 11 is 0. The van der Waals surface area contributed by atoms with Crippen LogP contribution in [0.15, 0.2) is 58.1 Å². The predicted molar refractivity (Wildman–Crippen MR) is 113 cm³/mol. The lowest BCUT2D eigenvalue weighted by molar-refractivity contribution is 0.577. The van der Waals surface area contributed by atoms with E-state index in [4.69, 9.17) is 4.42 Å². The standard InChI is InChI=1S/C18H22N6O.HI/c1-13(14-7-4-3-5-8-14)21-18(19-2)20-11-10-16-22-17(24-23-16)15-9-6-12-25-15;/h3-9,12-13H,10-11H2,1-2H3,(H2,19,20,21)(H,22,23,24);1H. The summed E-state index contributed by atoms with van der Waals surface area (Å²) in [6.45, 7) is 2.79. The van der Waals surface area contributed by atoms with Crippen molar-refractivity contribution >= 4 is 29.9 Å². The van der Waals surface area contributed by atoms with E-state index in [9.17, 15) is 0 Å². The molecule has 3 N–H and O–H groups in total. The minimum atomic E-state index is 0. The number of aromatic nitrogens is 3. The van der Waals surface area contributed by atoms with Gasteiger partial charge in [-0.05, 0) is 24.6 Å². The number of halogens is 1. The summed E-state index contributed by atoms with van der Waals surface area (Å²) in [6, 6.07) is 14.1. The van der Waals surface area contributed by atoms with Crippen molar-refractivity contribution < 1.29 is 4.42 Å². The zero-order valence-electron chi connectivity index (χ0n) is 14.8. The highest BCUT2D eigenvalue weighted by molar-refractivity contribution is 14.0. The maximum atomic E-state index is 5.29. The van der Waals surface area contributed by atoms with Gasteiger partial charge in [-0.1, -0.05) is 30.3 Å². The summed E-state index contributed by atoms with van der Waals surface area (Å²) in [4.78, 5) is 8.69. The minimum Gasteiger partial charge on any atom is -0.461 e. The van der Waals surface area contributed by atoms with E-state index < -0.39 is 0 Å². The van der Waals surface area contributed by atoms with Crippen LogP contribution in [0.25, 0.3) is 11.6 Å². The topological polar surface area (TPSA) is 91.1 Å². The summed E-state index contributed by atoms with van der Waals surface area (Å²) in [5.74, 6) is 2.78. The monoisotopic (exact) mass is 466 g/mol. The molecule has 1 aromatic carbocycles. The highest BCUT2D eigenvalue weighted by Gasteiger charge is 2.09. The average Bonchev–Trinajstić information content (AvgIpc) is 3.33. The summed E-state index contributed by atoms with van der Waals surface area (Å²) < 4.78 is 5.29. The first-order valence-electron chi connectivity index (χ1n) is 8.23. The van der Waals surface area contributed by atoms with Crippen molar-refractivity contribution in [2.75, 3.05) is 13.6 Å². The number of nitrogens with zero attached hydrogens (tertiary/aromatic N) is 3. The molecule has 138 valence electrons. The van der Waals surface area contributed by atoms with Crippen LogP contribution in [-0.4, -0.2) is 34.7 Å². The Morgan fingerprint density at radius 3 is 2.73 bits per heavy atom. The molecule has 2 heterocycles. The molecule has 2 aromatic heterocycles. The number of hydrogen-bond acceptors (Lipinski definition) is 4. The Morgan fingerprint density at radius 2 is 2.04 bits per heavy atom. The Balaban J connectivity index is 0.00000243. The van der Waals surface area contributed by atoms with Gasteiger partial charge in [0, 0.05) is 20.0 Å². The largest absolute Gasteiger partial charge is 0.461 e. The van der Waals surface area contributed by atoms with Crippen LogP contribution in [-0.2, 0) is 6.42 Å².